The molecule has 2 unspecified atom stereocenters. The maximum atomic E-state index is 13.0. The summed E-state index contributed by atoms with van der Waals surface area (Å²) in [5.41, 5.74) is 4.50. The van der Waals surface area contributed by atoms with Gasteiger partial charge in [0.15, 0.2) is 6.10 Å². The van der Waals surface area contributed by atoms with E-state index in [1.807, 2.05) is 29.2 Å². The van der Waals surface area contributed by atoms with Gasteiger partial charge in [0.2, 0.25) is 0 Å². The quantitative estimate of drug-likeness (QED) is 0.809. The zero-order valence-electron chi connectivity index (χ0n) is 15.7. The first-order valence-corrected chi connectivity index (χ1v) is 9.38. The second-order valence-corrected chi connectivity index (χ2v) is 7.62. The first-order valence-electron chi connectivity index (χ1n) is 9.38. The molecule has 0 N–H and O–H groups in total. The molecule has 0 aromatic heterocycles. The van der Waals surface area contributed by atoms with Gasteiger partial charge >= 0.3 is 6.09 Å². The summed E-state index contributed by atoms with van der Waals surface area (Å²) in [7, 11) is 4.22. The van der Waals surface area contributed by atoms with Crippen molar-refractivity contribution in [2.45, 2.75) is 38.0 Å². The number of amides is 1. The van der Waals surface area contributed by atoms with Crippen LogP contribution in [0.3, 0.4) is 0 Å². The maximum Gasteiger partial charge on any atom is 0.410 e. The molecule has 1 heterocycles. The molecule has 136 valence electrons. The number of rotatable bonds is 2. The number of hydrogen-bond acceptors (Lipinski definition) is 3. The smallest absolute Gasteiger partial charge is 0.410 e. The molecule has 2 aromatic rings. The zero-order valence-corrected chi connectivity index (χ0v) is 15.7. The standard InChI is InChI=1S/C22H26N2O2/c1-15-14-16(23(2)3)12-13-24(15)22(25)26-21-19-10-6-4-8-17(19)18-9-5-7-11-20(18)21/h4-11,15-16,21H,12-14H2,1-3H3. The van der Waals surface area contributed by atoms with Crippen LogP contribution in [0.4, 0.5) is 4.79 Å². The summed E-state index contributed by atoms with van der Waals surface area (Å²) in [4.78, 5) is 17.1. The maximum absolute atomic E-state index is 13.0. The number of likely N-dealkylation sites (tertiary alicyclic amines) is 1. The third-order valence-corrected chi connectivity index (χ3v) is 5.81. The first kappa shape index (κ1) is 17.1. The summed E-state index contributed by atoms with van der Waals surface area (Å²) in [6.45, 7) is 2.87. The van der Waals surface area contributed by atoms with Crippen molar-refractivity contribution < 1.29 is 9.53 Å². The van der Waals surface area contributed by atoms with Crippen LogP contribution in [-0.2, 0) is 4.74 Å². The van der Waals surface area contributed by atoms with E-state index in [1.54, 1.807) is 0 Å². The monoisotopic (exact) mass is 350 g/mol. The molecule has 1 saturated heterocycles. The van der Waals surface area contributed by atoms with Crippen LogP contribution in [0.1, 0.15) is 37.0 Å². The van der Waals surface area contributed by atoms with E-state index >= 15 is 0 Å². The van der Waals surface area contributed by atoms with Crippen LogP contribution in [0.15, 0.2) is 48.5 Å². The van der Waals surface area contributed by atoms with Crippen molar-refractivity contribution in [1.82, 2.24) is 9.80 Å². The van der Waals surface area contributed by atoms with Crippen molar-refractivity contribution in [1.29, 1.82) is 0 Å². The number of fused-ring (bicyclic) bond motifs is 3. The van der Waals surface area contributed by atoms with Crippen LogP contribution in [0, 0.1) is 0 Å². The minimum Gasteiger partial charge on any atom is -0.436 e. The van der Waals surface area contributed by atoms with Crippen LogP contribution < -0.4 is 0 Å². The molecule has 4 nitrogen and oxygen atoms in total. The highest BCUT2D eigenvalue weighted by molar-refractivity contribution is 5.79. The summed E-state index contributed by atoms with van der Waals surface area (Å²) >= 11 is 0. The summed E-state index contributed by atoms with van der Waals surface area (Å²) < 4.78 is 6.04. The predicted molar refractivity (Wildman–Crippen MR) is 103 cm³/mol. The normalized spacial score (nSPS) is 22.2. The van der Waals surface area contributed by atoms with E-state index in [1.165, 1.54) is 11.1 Å². The molecule has 4 rings (SSSR count). The van der Waals surface area contributed by atoms with Crippen LogP contribution in [-0.4, -0.2) is 48.6 Å². The van der Waals surface area contributed by atoms with Gasteiger partial charge in [-0.3, -0.25) is 0 Å². The SMILES string of the molecule is CC1CC(N(C)C)CCN1C(=O)OC1c2ccccc2-c2ccccc21. The van der Waals surface area contributed by atoms with Crippen molar-refractivity contribution in [3.8, 4) is 11.1 Å². The molecule has 1 aliphatic heterocycles. The van der Waals surface area contributed by atoms with Crippen LogP contribution >= 0.6 is 0 Å². The van der Waals surface area contributed by atoms with E-state index in [9.17, 15) is 4.79 Å². The van der Waals surface area contributed by atoms with Gasteiger partial charge in [0, 0.05) is 29.8 Å². The van der Waals surface area contributed by atoms with Crippen molar-refractivity contribution in [2.24, 2.45) is 0 Å². The van der Waals surface area contributed by atoms with Gasteiger partial charge in [-0.1, -0.05) is 48.5 Å². The molecule has 26 heavy (non-hydrogen) atoms. The minimum atomic E-state index is -0.311. The van der Waals surface area contributed by atoms with Gasteiger partial charge in [-0.2, -0.15) is 0 Å². The number of ether oxygens (including phenoxy) is 1. The third kappa shape index (κ3) is 2.88. The fourth-order valence-electron chi connectivity index (χ4n) is 4.29. The molecule has 1 amide bonds. The van der Waals surface area contributed by atoms with Crippen LogP contribution in [0.5, 0.6) is 0 Å². The highest BCUT2D eigenvalue weighted by Gasteiger charge is 2.35. The Morgan fingerprint density at radius 2 is 1.62 bits per heavy atom. The Labute approximate surface area is 155 Å². The van der Waals surface area contributed by atoms with E-state index < -0.39 is 0 Å². The van der Waals surface area contributed by atoms with Crippen LogP contribution in [0.2, 0.25) is 0 Å². The van der Waals surface area contributed by atoms with E-state index in [0.717, 1.165) is 30.5 Å². The van der Waals surface area contributed by atoms with Gasteiger partial charge in [0.1, 0.15) is 0 Å². The molecule has 4 heteroatoms. The van der Waals surface area contributed by atoms with Gasteiger partial charge in [0.25, 0.3) is 0 Å². The molecule has 2 aromatic carbocycles. The molecule has 0 bridgehead atoms. The molecule has 0 saturated carbocycles. The molecule has 0 radical (unpaired) electrons. The van der Waals surface area contributed by atoms with Crippen molar-refractivity contribution in [3.05, 3.63) is 59.7 Å². The second-order valence-electron chi connectivity index (χ2n) is 7.62. The lowest BCUT2D eigenvalue weighted by molar-refractivity contribution is 0.0433. The molecule has 1 fully saturated rings. The summed E-state index contributed by atoms with van der Waals surface area (Å²) in [6.07, 6.45) is 1.46. The predicted octanol–water partition coefficient (Wildman–Crippen LogP) is 4.31. The second kappa shape index (κ2) is 6.76. The van der Waals surface area contributed by atoms with Crippen molar-refractivity contribution >= 4 is 6.09 Å². The Balaban J connectivity index is 1.55. The molecule has 1 aliphatic carbocycles. The minimum absolute atomic E-state index is 0.190. The fraction of sp³-hybridized carbons (Fsp3) is 0.409. The topological polar surface area (TPSA) is 32.8 Å². The highest BCUT2D eigenvalue weighted by atomic mass is 16.6. The van der Waals surface area contributed by atoms with Gasteiger partial charge in [-0.05, 0) is 45.0 Å². The average Bonchev–Trinajstić information content (AvgIpc) is 2.96. The average molecular weight is 350 g/mol. The molecule has 2 atom stereocenters. The lowest BCUT2D eigenvalue weighted by Crippen LogP contribution is -2.49. The number of carbonyl (C=O) groups is 1. The summed E-state index contributed by atoms with van der Waals surface area (Å²) in [5.74, 6) is 0. The van der Waals surface area contributed by atoms with E-state index in [4.69, 9.17) is 4.74 Å². The summed E-state index contributed by atoms with van der Waals surface area (Å²) in [5, 5.41) is 0. The Hall–Kier alpha value is -2.33. The van der Waals surface area contributed by atoms with Gasteiger partial charge in [0.05, 0.1) is 0 Å². The number of hydrogen-bond donors (Lipinski definition) is 0. The van der Waals surface area contributed by atoms with Crippen molar-refractivity contribution in [3.63, 3.8) is 0 Å². The Kier molecular flexibility index (Phi) is 4.45. The summed E-state index contributed by atoms with van der Waals surface area (Å²) in [6, 6.07) is 17.2. The van der Waals surface area contributed by atoms with Gasteiger partial charge < -0.3 is 14.5 Å². The van der Waals surface area contributed by atoms with Crippen molar-refractivity contribution in [2.75, 3.05) is 20.6 Å². The zero-order chi connectivity index (χ0) is 18.3. The molecule has 0 spiro atoms. The Bertz CT molecular complexity index is 772. The Morgan fingerprint density at radius 1 is 1.04 bits per heavy atom. The number of piperidine rings is 1. The third-order valence-electron chi connectivity index (χ3n) is 5.81. The van der Waals surface area contributed by atoms with E-state index in [0.29, 0.717) is 6.04 Å². The number of nitrogens with zero attached hydrogens (tertiary/aromatic N) is 2. The molecular weight excluding hydrogens is 324 g/mol. The highest BCUT2D eigenvalue weighted by Crippen LogP contribution is 2.45. The van der Waals surface area contributed by atoms with Gasteiger partial charge in [-0.25, -0.2) is 4.79 Å². The lowest BCUT2D eigenvalue weighted by atomic mass is 9.98. The lowest BCUT2D eigenvalue weighted by Gasteiger charge is -2.39. The molecular formula is C22H26N2O2. The van der Waals surface area contributed by atoms with E-state index in [-0.39, 0.29) is 18.2 Å². The van der Waals surface area contributed by atoms with Gasteiger partial charge in [-0.15, -0.1) is 0 Å². The Morgan fingerprint density at radius 3 is 2.15 bits per heavy atom. The molecule has 2 aliphatic rings. The number of carbonyl (C=O) groups excluding carboxylic acids is 1. The fourth-order valence-corrected chi connectivity index (χ4v) is 4.29. The van der Waals surface area contributed by atoms with E-state index in [2.05, 4.69) is 50.2 Å². The van der Waals surface area contributed by atoms with Crippen LogP contribution in [0.25, 0.3) is 11.1 Å². The first-order chi connectivity index (χ1) is 12.6. The largest absolute Gasteiger partial charge is 0.436 e. The number of benzene rings is 2.